The Morgan fingerprint density at radius 1 is 1.54 bits per heavy atom. The molecule has 0 amide bonds. The third-order valence-corrected chi connectivity index (χ3v) is 2.32. The van der Waals surface area contributed by atoms with Crippen molar-refractivity contribution in [2.24, 2.45) is 5.73 Å². The molecule has 3 N–H and O–H groups in total. The number of phenols is 1. The fraction of sp³-hybridized carbons (Fsp3) is 0.400. The summed E-state index contributed by atoms with van der Waals surface area (Å²) in [6.07, 6.45) is 1.85. The first kappa shape index (κ1) is 10.4. The molecule has 0 spiro atoms. The molecule has 0 aliphatic rings. The van der Waals surface area contributed by atoms with Crippen molar-refractivity contribution < 1.29 is 5.11 Å². The summed E-state index contributed by atoms with van der Waals surface area (Å²) < 4.78 is 0. The van der Waals surface area contributed by atoms with E-state index in [2.05, 4.69) is 6.92 Å². The van der Waals surface area contributed by atoms with Crippen molar-refractivity contribution in [1.29, 1.82) is 0 Å². The van der Waals surface area contributed by atoms with Gasteiger partial charge in [0.25, 0.3) is 0 Å². The predicted octanol–water partition coefficient (Wildman–Crippen LogP) is 2.85. The molecule has 1 aromatic carbocycles. The van der Waals surface area contributed by atoms with Gasteiger partial charge in [0.2, 0.25) is 0 Å². The Hall–Kier alpha value is -0.730. The Bertz CT molecular complexity index is 288. The lowest BCUT2D eigenvalue weighted by Crippen LogP contribution is -2.09. The van der Waals surface area contributed by atoms with Gasteiger partial charge in [-0.1, -0.05) is 37.1 Å². The number of para-hydroxylation sites is 1. The summed E-state index contributed by atoms with van der Waals surface area (Å²) in [6, 6.07) is 5.14. The number of phenolic OH excluding ortho intramolecular Hbond substituents is 1. The van der Waals surface area contributed by atoms with Crippen LogP contribution in [0.25, 0.3) is 0 Å². The SMILES string of the molecule is CCC[C@H](N)c1cccc(Cl)c1O. The van der Waals surface area contributed by atoms with E-state index in [-0.39, 0.29) is 11.8 Å². The van der Waals surface area contributed by atoms with Gasteiger partial charge in [0.1, 0.15) is 5.75 Å². The van der Waals surface area contributed by atoms with E-state index in [4.69, 9.17) is 17.3 Å². The van der Waals surface area contributed by atoms with Crippen LogP contribution in [0, 0.1) is 0 Å². The minimum absolute atomic E-state index is 0.116. The third kappa shape index (κ3) is 2.36. The molecule has 0 heterocycles. The first-order valence-corrected chi connectivity index (χ1v) is 4.77. The number of rotatable bonds is 3. The second-order valence-corrected chi connectivity index (χ2v) is 3.48. The fourth-order valence-electron chi connectivity index (χ4n) is 1.30. The van der Waals surface area contributed by atoms with Crippen LogP contribution >= 0.6 is 11.6 Å². The maximum absolute atomic E-state index is 9.58. The maximum atomic E-state index is 9.58. The van der Waals surface area contributed by atoms with Crippen LogP contribution in [-0.2, 0) is 0 Å². The molecule has 0 aromatic heterocycles. The summed E-state index contributed by atoms with van der Waals surface area (Å²) in [7, 11) is 0. The molecule has 2 nitrogen and oxygen atoms in total. The van der Waals surface area contributed by atoms with Crippen LogP contribution in [0.4, 0.5) is 0 Å². The van der Waals surface area contributed by atoms with E-state index in [0.717, 1.165) is 18.4 Å². The van der Waals surface area contributed by atoms with Crippen molar-refractivity contribution in [3.63, 3.8) is 0 Å². The van der Waals surface area contributed by atoms with Crippen molar-refractivity contribution in [1.82, 2.24) is 0 Å². The summed E-state index contributed by atoms with van der Waals surface area (Å²) >= 11 is 5.75. The average molecular weight is 200 g/mol. The Morgan fingerprint density at radius 3 is 2.85 bits per heavy atom. The standard InChI is InChI=1S/C10H14ClNO/c1-2-4-9(12)7-5-3-6-8(11)10(7)13/h3,5-6,9,13H,2,4,12H2,1H3/t9-/m0/s1. The van der Waals surface area contributed by atoms with Crippen molar-refractivity contribution in [2.75, 3.05) is 0 Å². The Balaban J connectivity index is 2.93. The minimum Gasteiger partial charge on any atom is -0.506 e. The topological polar surface area (TPSA) is 46.2 Å². The molecule has 0 unspecified atom stereocenters. The number of aromatic hydroxyl groups is 1. The van der Waals surface area contributed by atoms with E-state index in [1.807, 2.05) is 6.07 Å². The zero-order chi connectivity index (χ0) is 9.84. The molecule has 72 valence electrons. The monoisotopic (exact) mass is 199 g/mol. The molecule has 1 atom stereocenters. The zero-order valence-electron chi connectivity index (χ0n) is 7.63. The van der Waals surface area contributed by atoms with Crippen LogP contribution in [0.2, 0.25) is 5.02 Å². The van der Waals surface area contributed by atoms with Gasteiger partial charge in [0, 0.05) is 11.6 Å². The molecular weight excluding hydrogens is 186 g/mol. The quantitative estimate of drug-likeness (QED) is 0.787. The van der Waals surface area contributed by atoms with E-state index in [9.17, 15) is 5.11 Å². The highest BCUT2D eigenvalue weighted by atomic mass is 35.5. The second kappa shape index (κ2) is 4.49. The van der Waals surface area contributed by atoms with Gasteiger partial charge in [-0.15, -0.1) is 0 Å². The summed E-state index contributed by atoms with van der Waals surface area (Å²) in [5.41, 5.74) is 6.59. The normalized spacial score (nSPS) is 12.8. The third-order valence-electron chi connectivity index (χ3n) is 2.02. The van der Waals surface area contributed by atoms with E-state index in [1.54, 1.807) is 12.1 Å². The molecule has 0 aliphatic heterocycles. The van der Waals surface area contributed by atoms with Crippen LogP contribution in [0.15, 0.2) is 18.2 Å². The lowest BCUT2D eigenvalue weighted by Gasteiger charge is -2.12. The molecule has 0 saturated heterocycles. The molecule has 0 radical (unpaired) electrons. The second-order valence-electron chi connectivity index (χ2n) is 3.07. The van der Waals surface area contributed by atoms with Gasteiger partial charge in [-0.25, -0.2) is 0 Å². The molecule has 0 saturated carbocycles. The number of nitrogens with two attached hydrogens (primary N) is 1. The van der Waals surface area contributed by atoms with Gasteiger partial charge >= 0.3 is 0 Å². The minimum atomic E-state index is -0.122. The highest BCUT2D eigenvalue weighted by Gasteiger charge is 2.11. The van der Waals surface area contributed by atoms with Gasteiger partial charge < -0.3 is 10.8 Å². The highest BCUT2D eigenvalue weighted by molar-refractivity contribution is 6.32. The summed E-state index contributed by atoms with van der Waals surface area (Å²) in [6.45, 7) is 2.06. The Kier molecular flexibility index (Phi) is 3.58. The van der Waals surface area contributed by atoms with E-state index >= 15 is 0 Å². The van der Waals surface area contributed by atoms with E-state index in [0.29, 0.717) is 5.02 Å². The van der Waals surface area contributed by atoms with Gasteiger partial charge in [-0.05, 0) is 12.5 Å². The smallest absolute Gasteiger partial charge is 0.138 e. The van der Waals surface area contributed by atoms with Crippen LogP contribution in [0.3, 0.4) is 0 Å². The molecule has 0 bridgehead atoms. The Labute approximate surface area is 83.3 Å². The summed E-state index contributed by atoms with van der Waals surface area (Å²) in [5.74, 6) is 0.116. The van der Waals surface area contributed by atoms with Crippen LogP contribution < -0.4 is 5.73 Å². The van der Waals surface area contributed by atoms with Gasteiger partial charge in [0.15, 0.2) is 0 Å². The molecule has 0 fully saturated rings. The lowest BCUT2D eigenvalue weighted by molar-refractivity contribution is 0.458. The van der Waals surface area contributed by atoms with E-state index < -0.39 is 0 Å². The van der Waals surface area contributed by atoms with Crippen molar-refractivity contribution >= 4 is 11.6 Å². The molecule has 0 aliphatic carbocycles. The molecule has 13 heavy (non-hydrogen) atoms. The highest BCUT2D eigenvalue weighted by Crippen LogP contribution is 2.31. The number of benzene rings is 1. The van der Waals surface area contributed by atoms with E-state index in [1.165, 1.54) is 0 Å². The van der Waals surface area contributed by atoms with Gasteiger partial charge in [-0.3, -0.25) is 0 Å². The van der Waals surface area contributed by atoms with Gasteiger partial charge in [0.05, 0.1) is 5.02 Å². The first-order valence-electron chi connectivity index (χ1n) is 4.39. The summed E-state index contributed by atoms with van der Waals surface area (Å²) in [4.78, 5) is 0. The molecular formula is C10H14ClNO. The molecule has 1 rings (SSSR count). The Morgan fingerprint density at radius 2 is 2.23 bits per heavy atom. The van der Waals surface area contributed by atoms with Crippen molar-refractivity contribution in [3.05, 3.63) is 28.8 Å². The fourth-order valence-corrected chi connectivity index (χ4v) is 1.48. The first-order chi connectivity index (χ1) is 6.16. The molecule has 3 heteroatoms. The van der Waals surface area contributed by atoms with Gasteiger partial charge in [-0.2, -0.15) is 0 Å². The largest absolute Gasteiger partial charge is 0.506 e. The van der Waals surface area contributed by atoms with Crippen LogP contribution in [0.5, 0.6) is 5.75 Å². The number of hydrogen-bond donors (Lipinski definition) is 2. The summed E-state index contributed by atoms with van der Waals surface area (Å²) in [5, 5.41) is 9.95. The van der Waals surface area contributed by atoms with Crippen molar-refractivity contribution in [2.45, 2.75) is 25.8 Å². The van der Waals surface area contributed by atoms with Crippen LogP contribution in [0.1, 0.15) is 31.4 Å². The number of halogens is 1. The number of hydrogen-bond acceptors (Lipinski definition) is 2. The zero-order valence-corrected chi connectivity index (χ0v) is 8.38. The van der Waals surface area contributed by atoms with Crippen LogP contribution in [-0.4, -0.2) is 5.11 Å². The maximum Gasteiger partial charge on any atom is 0.138 e. The molecule has 1 aromatic rings. The predicted molar refractivity (Wildman–Crippen MR) is 55.0 cm³/mol. The van der Waals surface area contributed by atoms with Crippen molar-refractivity contribution in [3.8, 4) is 5.75 Å². The average Bonchev–Trinajstić information content (AvgIpc) is 2.10. The lowest BCUT2D eigenvalue weighted by atomic mass is 10.0.